The number of alkyl halides is 3. The number of aromatic nitrogens is 2. The van der Waals surface area contributed by atoms with Crippen LogP contribution >= 0.6 is 0 Å². The van der Waals surface area contributed by atoms with Crippen LogP contribution in [0.1, 0.15) is 51.0 Å². The topological polar surface area (TPSA) is 68.3 Å². The summed E-state index contributed by atoms with van der Waals surface area (Å²) in [6.45, 7) is 2.62. The number of halogens is 3. The van der Waals surface area contributed by atoms with Gasteiger partial charge in [-0.1, -0.05) is 25.5 Å². The molecule has 1 saturated carbocycles. The van der Waals surface area contributed by atoms with Gasteiger partial charge in [-0.15, -0.1) is 0 Å². The quantitative estimate of drug-likeness (QED) is 0.327. The summed E-state index contributed by atoms with van der Waals surface area (Å²) >= 11 is 0. The lowest BCUT2D eigenvalue weighted by Crippen LogP contribution is -2.20. The number of hydrogen-bond acceptors (Lipinski definition) is 6. The number of nitrogens with zero attached hydrogens (tertiary/aromatic N) is 2. The molecule has 35 heavy (non-hydrogen) atoms. The van der Waals surface area contributed by atoms with E-state index in [9.17, 15) is 13.2 Å². The minimum atomic E-state index is -4.63. The van der Waals surface area contributed by atoms with E-state index in [4.69, 9.17) is 9.47 Å². The van der Waals surface area contributed by atoms with Crippen LogP contribution in [0.25, 0.3) is 0 Å². The molecular formula is C26H29F3N4O2. The summed E-state index contributed by atoms with van der Waals surface area (Å²) in [7, 11) is 0. The second-order valence-electron chi connectivity index (χ2n) is 8.45. The second kappa shape index (κ2) is 11.3. The molecule has 1 heterocycles. The van der Waals surface area contributed by atoms with E-state index in [1.165, 1.54) is 6.42 Å². The predicted octanol–water partition coefficient (Wildman–Crippen LogP) is 7.48. The predicted molar refractivity (Wildman–Crippen MR) is 130 cm³/mol. The molecule has 1 aromatic heterocycles. The van der Waals surface area contributed by atoms with Crippen LogP contribution in [-0.4, -0.2) is 22.7 Å². The van der Waals surface area contributed by atoms with Gasteiger partial charge >= 0.3 is 6.18 Å². The first kappa shape index (κ1) is 24.6. The van der Waals surface area contributed by atoms with Gasteiger partial charge < -0.3 is 20.1 Å². The van der Waals surface area contributed by atoms with E-state index in [0.29, 0.717) is 29.5 Å². The maximum atomic E-state index is 13.7. The van der Waals surface area contributed by atoms with Crippen LogP contribution in [0.5, 0.6) is 11.5 Å². The van der Waals surface area contributed by atoms with E-state index >= 15 is 0 Å². The van der Waals surface area contributed by atoms with Gasteiger partial charge in [-0.05, 0) is 68.5 Å². The van der Waals surface area contributed by atoms with Gasteiger partial charge in [-0.25, -0.2) is 4.98 Å². The lowest BCUT2D eigenvalue weighted by Gasteiger charge is -2.24. The van der Waals surface area contributed by atoms with Gasteiger partial charge in [0.15, 0.2) is 0 Å². The molecule has 0 unspecified atom stereocenters. The van der Waals surface area contributed by atoms with Crippen molar-refractivity contribution in [2.45, 2.75) is 57.7 Å². The maximum Gasteiger partial charge on any atom is 0.421 e. The fourth-order valence-electron chi connectivity index (χ4n) is 3.89. The van der Waals surface area contributed by atoms with Crippen LogP contribution in [0.15, 0.2) is 54.7 Å². The van der Waals surface area contributed by atoms with Crippen LogP contribution < -0.4 is 20.1 Å². The molecule has 0 aliphatic heterocycles. The highest BCUT2D eigenvalue weighted by molar-refractivity contribution is 5.67. The molecule has 2 aromatic carbocycles. The average molecular weight is 487 g/mol. The highest BCUT2D eigenvalue weighted by atomic mass is 19.4. The van der Waals surface area contributed by atoms with Gasteiger partial charge in [0.2, 0.25) is 5.95 Å². The van der Waals surface area contributed by atoms with E-state index in [1.807, 2.05) is 6.92 Å². The van der Waals surface area contributed by atoms with Crippen molar-refractivity contribution in [3.63, 3.8) is 0 Å². The van der Waals surface area contributed by atoms with Crippen molar-refractivity contribution in [1.29, 1.82) is 0 Å². The number of para-hydroxylation sites is 2. The molecule has 0 bridgehead atoms. The van der Waals surface area contributed by atoms with Crippen molar-refractivity contribution < 1.29 is 22.6 Å². The summed E-state index contributed by atoms with van der Waals surface area (Å²) < 4.78 is 52.9. The third kappa shape index (κ3) is 6.77. The Morgan fingerprint density at radius 2 is 1.71 bits per heavy atom. The van der Waals surface area contributed by atoms with E-state index in [0.717, 1.165) is 38.3 Å². The molecular weight excluding hydrogens is 457 g/mol. The Bertz CT molecular complexity index is 1100. The van der Waals surface area contributed by atoms with Gasteiger partial charge in [0, 0.05) is 11.9 Å². The number of rotatable bonds is 9. The Balaban J connectivity index is 1.56. The summed E-state index contributed by atoms with van der Waals surface area (Å²) in [5.74, 6) is 0.900. The van der Waals surface area contributed by atoms with Crippen LogP contribution in [-0.2, 0) is 6.18 Å². The first-order chi connectivity index (χ1) is 16.9. The van der Waals surface area contributed by atoms with E-state index < -0.39 is 11.7 Å². The second-order valence-corrected chi connectivity index (χ2v) is 8.45. The molecule has 0 saturated heterocycles. The SMILES string of the molecule is CCCOc1ccc(Nc2ncc(C(F)(F)F)c(Nc3ccccc3OC3CCCCC3)n2)cc1. The van der Waals surface area contributed by atoms with E-state index in [-0.39, 0.29) is 17.9 Å². The Kier molecular flexibility index (Phi) is 7.94. The monoisotopic (exact) mass is 486 g/mol. The third-order valence-corrected chi connectivity index (χ3v) is 5.66. The maximum absolute atomic E-state index is 13.7. The molecule has 0 atom stereocenters. The number of ether oxygens (including phenoxy) is 2. The summed E-state index contributed by atoms with van der Waals surface area (Å²) in [5.41, 5.74) is 0.0880. The summed E-state index contributed by atoms with van der Waals surface area (Å²) in [5, 5.41) is 5.80. The van der Waals surface area contributed by atoms with Crippen molar-refractivity contribution in [2.75, 3.05) is 17.2 Å². The van der Waals surface area contributed by atoms with Crippen molar-refractivity contribution in [1.82, 2.24) is 9.97 Å². The Morgan fingerprint density at radius 3 is 2.43 bits per heavy atom. The van der Waals surface area contributed by atoms with E-state index in [2.05, 4.69) is 20.6 Å². The normalized spacial score (nSPS) is 14.4. The molecule has 9 heteroatoms. The lowest BCUT2D eigenvalue weighted by molar-refractivity contribution is -0.137. The molecule has 0 radical (unpaired) electrons. The van der Waals surface area contributed by atoms with Gasteiger partial charge in [0.1, 0.15) is 22.9 Å². The van der Waals surface area contributed by atoms with Crippen LogP contribution in [0.3, 0.4) is 0 Å². The summed E-state index contributed by atoms with van der Waals surface area (Å²) in [6, 6.07) is 14.1. The fraction of sp³-hybridized carbons (Fsp3) is 0.385. The fourth-order valence-corrected chi connectivity index (χ4v) is 3.89. The highest BCUT2D eigenvalue weighted by Crippen LogP contribution is 2.37. The Morgan fingerprint density at radius 1 is 0.971 bits per heavy atom. The zero-order valence-electron chi connectivity index (χ0n) is 19.6. The van der Waals surface area contributed by atoms with Gasteiger partial charge in [-0.3, -0.25) is 0 Å². The number of anilines is 4. The van der Waals surface area contributed by atoms with Crippen molar-refractivity contribution in [2.24, 2.45) is 0 Å². The molecule has 0 amide bonds. The van der Waals surface area contributed by atoms with Crippen LogP contribution in [0.4, 0.5) is 36.3 Å². The zero-order valence-corrected chi connectivity index (χ0v) is 19.6. The van der Waals surface area contributed by atoms with Crippen LogP contribution in [0.2, 0.25) is 0 Å². The van der Waals surface area contributed by atoms with Gasteiger partial charge in [-0.2, -0.15) is 18.2 Å². The number of hydrogen-bond donors (Lipinski definition) is 2. The Labute approximate surface area is 202 Å². The highest BCUT2D eigenvalue weighted by Gasteiger charge is 2.35. The average Bonchev–Trinajstić information content (AvgIpc) is 2.85. The number of benzene rings is 2. The molecule has 1 fully saturated rings. The Hall–Kier alpha value is -3.49. The van der Waals surface area contributed by atoms with Gasteiger partial charge in [0.05, 0.1) is 18.4 Å². The van der Waals surface area contributed by atoms with Crippen molar-refractivity contribution >= 4 is 23.1 Å². The van der Waals surface area contributed by atoms with Crippen LogP contribution in [0, 0.1) is 0 Å². The lowest BCUT2D eigenvalue weighted by atomic mass is 9.98. The first-order valence-electron chi connectivity index (χ1n) is 11.9. The van der Waals surface area contributed by atoms with E-state index in [1.54, 1.807) is 48.5 Å². The smallest absolute Gasteiger partial charge is 0.421 e. The molecule has 1 aliphatic carbocycles. The minimum absolute atomic E-state index is 0.0356. The minimum Gasteiger partial charge on any atom is -0.494 e. The molecule has 0 spiro atoms. The molecule has 6 nitrogen and oxygen atoms in total. The van der Waals surface area contributed by atoms with Crippen molar-refractivity contribution in [3.05, 3.63) is 60.3 Å². The molecule has 1 aliphatic rings. The molecule has 4 rings (SSSR count). The first-order valence-corrected chi connectivity index (χ1v) is 11.9. The summed E-state index contributed by atoms with van der Waals surface area (Å²) in [4.78, 5) is 8.04. The largest absolute Gasteiger partial charge is 0.494 e. The molecule has 2 N–H and O–H groups in total. The van der Waals surface area contributed by atoms with Gasteiger partial charge in [0.25, 0.3) is 0 Å². The molecule has 3 aromatic rings. The van der Waals surface area contributed by atoms with Crippen molar-refractivity contribution in [3.8, 4) is 11.5 Å². The number of nitrogens with one attached hydrogen (secondary N) is 2. The summed E-state index contributed by atoms with van der Waals surface area (Å²) in [6.07, 6.45) is 2.33. The standard InChI is InChI=1S/C26H29F3N4O2/c1-2-16-34-19-14-12-18(13-15-19)31-25-30-17-21(26(27,28)29)24(33-25)32-22-10-6-7-11-23(22)35-20-8-4-3-5-9-20/h6-7,10-15,17,20H,2-5,8-9,16H2,1H3,(H2,30,31,32,33). The zero-order chi connectivity index (χ0) is 24.7. The third-order valence-electron chi connectivity index (χ3n) is 5.66. The molecule has 186 valence electrons.